The van der Waals surface area contributed by atoms with Crippen molar-refractivity contribution in [1.82, 2.24) is 20.2 Å². The van der Waals surface area contributed by atoms with Crippen LogP contribution < -0.4 is 10.1 Å². The molecule has 0 aliphatic carbocycles. The molecule has 2 aromatic carbocycles. The molecule has 2 amide bonds. The number of piperidine rings is 1. The number of methoxy groups -OCH3 is 1. The molecule has 2 saturated heterocycles. The lowest BCUT2D eigenvalue weighted by Gasteiger charge is -2.48. The van der Waals surface area contributed by atoms with Crippen molar-refractivity contribution in [1.29, 1.82) is 0 Å². The van der Waals surface area contributed by atoms with Gasteiger partial charge in [0.05, 0.1) is 29.7 Å². The van der Waals surface area contributed by atoms with Gasteiger partial charge < -0.3 is 19.9 Å². The summed E-state index contributed by atoms with van der Waals surface area (Å²) in [5.41, 5.74) is 1.42. The molecule has 8 heteroatoms. The zero-order valence-electron chi connectivity index (χ0n) is 17.2. The lowest BCUT2D eigenvalue weighted by atomic mass is 9.76. The molecule has 31 heavy (non-hydrogen) atoms. The zero-order valence-corrected chi connectivity index (χ0v) is 17.2. The smallest absolute Gasteiger partial charge is 0.290 e. The number of rotatable bonds is 3. The number of halogens is 1. The predicted molar refractivity (Wildman–Crippen MR) is 112 cm³/mol. The third-order valence-corrected chi connectivity index (χ3v) is 6.38. The van der Waals surface area contributed by atoms with E-state index in [4.69, 9.17) is 4.74 Å². The van der Waals surface area contributed by atoms with Gasteiger partial charge in [-0.2, -0.15) is 0 Å². The highest BCUT2D eigenvalue weighted by atomic mass is 19.1. The molecule has 2 fully saturated rings. The van der Waals surface area contributed by atoms with E-state index < -0.39 is 11.4 Å². The standard InChI is InChI=1S/C23H23FN4O3/c1-31-16-6-3-14(4-7-16)20-23(11-9-19(29)27-23)10-2-12-28(20)22(30)21-25-17-8-5-15(24)13-18(17)26-21/h3-8,13,20H,2,9-12H2,1H3,(H,25,26)(H,27,29)/t20-,23+/m1/s1. The molecule has 0 saturated carbocycles. The number of imidazole rings is 1. The summed E-state index contributed by atoms with van der Waals surface area (Å²) in [5, 5.41) is 3.17. The van der Waals surface area contributed by atoms with Crippen molar-refractivity contribution in [3.63, 3.8) is 0 Å². The Kier molecular flexibility index (Phi) is 4.64. The Morgan fingerprint density at radius 2 is 2.03 bits per heavy atom. The molecule has 0 unspecified atom stereocenters. The number of carbonyl (C=O) groups excluding carboxylic acids is 2. The Hall–Kier alpha value is -3.42. The molecular formula is C23H23FN4O3. The summed E-state index contributed by atoms with van der Waals surface area (Å²) in [6.45, 7) is 0.540. The van der Waals surface area contributed by atoms with E-state index in [1.165, 1.54) is 12.1 Å². The lowest BCUT2D eigenvalue weighted by molar-refractivity contribution is -0.120. The van der Waals surface area contributed by atoms with Crippen LogP contribution in [0.3, 0.4) is 0 Å². The molecule has 5 rings (SSSR count). The van der Waals surface area contributed by atoms with Gasteiger partial charge in [0.2, 0.25) is 5.91 Å². The van der Waals surface area contributed by atoms with Crippen LogP contribution in [0.15, 0.2) is 42.5 Å². The topological polar surface area (TPSA) is 87.3 Å². The number of H-pyrrole nitrogens is 1. The number of carbonyl (C=O) groups is 2. The van der Waals surface area contributed by atoms with E-state index in [9.17, 15) is 14.0 Å². The van der Waals surface area contributed by atoms with Gasteiger partial charge in [-0.05, 0) is 55.2 Å². The molecule has 0 bridgehead atoms. The number of ether oxygens (including phenoxy) is 1. The molecule has 2 aliphatic heterocycles. The van der Waals surface area contributed by atoms with E-state index in [0.29, 0.717) is 30.4 Å². The van der Waals surface area contributed by atoms with Crippen LogP contribution in [-0.4, -0.2) is 45.9 Å². The fourth-order valence-corrected chi connectivity index (χ4v) is 4.98. The number of hydrogen-bond donors (Lipinski definition) is 2. The number of benzene rings is 2. The molecule has 2 aliphatic rings. The van der Waals surface area contributed by atoms with Gasteiger partial charge in [-0.1, -0.05) is 12.1 Å². The minimum Gasteiger partial charge on any atom is -0.497 e. The maximum Gasteiger partial charge on any atom is 0.290 e. The third kappa shape index (κ3) is 3.32. The van der Waals surface area contributed by atoms with Crippen LogP contribution in [0.4, 0.5) is 4.39 Å². The molecule has 160 valence electrons. The van der Waals surface area contributed by atoms with Gasteiger partial charge in [0, 0.05) is 13.0 Å². The first-order chi connectivity index (χ1) is 15.0. The second kappa shape index (κ2) is 7.37. The van der Waals surface area contributed by atoms with E-state index in [0.717, 1.165) is 24.2 Å². The fourth-order valence-electron chi connectivity index (χ4n) is 4.98. The third-order valence-electron chi connectivity index (χ3n) is 6.38. The minimum atomic E-state index is -0.516. The van der Waals surface area contributed by atoms with Crippen LogP contribution in [0.25, 0.3) is 11.0 Å². The second-order valence-electron chi connectivity index (χ2n) is 8.23. The minimum absolute atomic E-state index is 0.00650. The van der Waals surface area contributed by atoms with Crippen molar-refractivity contribution < 1.29 is 18.7 Å². The molecule has 2 atom stereocenters. The van der Waals surface area contributed by atoms with Crippen LogP contribution in [0.2, 0.25) is 0 Å². The van der Waals surface area contributed by atoms with Crippen molar-refractivity contribution in [2.45, 2.75) is 37.3 Å². The maximum absolute atomic E-state index is 13.6. The Bertz CT molecular complexity index is 1160. The van der Waals surface area contributed by atoms with Crippen LogP contribution in [-0.2, 0) is 4.79 Å². The van der Waals surface area contributed by atoms with Gasteiger partial charge in [0.15, 0.2) is 5.82 Å². The highest BCUT2D eigenvalue weighted by Crippen LogP contribution is 2.45. The van der Waals surface area contributed by atoms with Gasteiger partial charge in [-0.15, -0.1) is 0 Å². The molecule has 2 N–H and O–H groups in total. The molecule has 3 aromatic rings. The van der Waals surface area contributed by atoms with Gasteiger partial charge in [-0.3, -0.25) is 9.59 Å². The van der Waals surface area contributed by atoms with Gasteiger partial charge in [-0.25, -0.2) is 9.37 Å². The van der Waals surface area contributed by atoms with Crippen LogP contribution >= 0.6 is 0 Å². The summed E-state index contributed by atoms with van der Waals surface area (Å²) in [5.74, 6) is 0.239. The van der Waals surface area contributed by atoms with Crippen molar-refractivity contribution in [2.24, 2.45) is 0 Å². The normalized spacial score (nSPS) is 23.4. The van der Waals surface area contributed by atoms with E-state index in [-0.39, 0.29) is 23.7 Å². The SMILES string of the molecule is COc1ccc([C@H]2N(C(=O)c3nc4ccc(F)cc4[nH]3)CCC[C@]23CCC(=O)N3)cc1. The number of fused-ring (bicyclic) bond motifs is 1. The first-order valence-corrected chi connectivity index (χ1v) is 10.4. The summed E-state index contributed by atoms with van der Waals surface area (Å²) in [6, 6.07) is 11.5. The molecule has 1 spiro atoms. The summed E-state index contributed by atoms with van der Waals surface area (Å²) in [4.78, 5) is 34.9. The highest BCUT2D eigenvalue weighted by Gasteiger charge is 2.51. The van der Waals surface area contributed by atoms with Gasteiger partial charge >= 0.3 is 0 Å². The van der Waals surface area contributed by atoms with E-state index in [1.54, 1.807) is 18.1 Å². The van der Waals surface area contributed by atoms with E-state index >= 15 is 0 Å². The number of aromatic nitrogens is 2. The van der Waals surface area contributed by atoms with Gasteiger partial charge in [0.25, 0.3) is 5.91 Å². The van der Waals surface area contributed by atoms with Crippen molar-refractivity contribution >= 4 is 22.8 Å². The summed E-state index contributed by atoms with van der Waals surface area (Å²) >= 11 is 0. The number of amides is 2. The lowest BCUT2D eigenvalue weighted by Crippen LogP contribution is -2.58. The molecular weight excluding hydrogens is 399 g/mol. The quantitative estimate of drug-likeness (QED) is 0.678. The number of nitrogens with zero attached hydrogens (tertiary/aromatic N) is 2. The van der Waals surface area contributed by atoms with Gasteiger partial charge in [0.1, 0.15) is 11.6 Å². The molecule has 3 heterocycles. The van der Waals surface area contributed by atoms with E-state index in [1.807, 2.05) is 24.3 Å². The van der Waals surface area contributed by atoms with Crippen molar-refractivity contribution in [3.8, 4) is 5.75 Å². The Morgan fingerprint density at radius 3 is 2.74 bits per heavy atom. The zero-order chi connectivity index (χ0) is 21.6. The largest absolute Gasteiger partial charge is 0.497 e. The number of aromatic amines is 1. The fraction of sp³-hybridized carbons (Fsp3) is 0.348. The Balaban J connectivity index is 1.56. The average Bonchev–Trinajstić information content (AvgIpc) is 3.36. The Morgan fingerprint density at radius 1 is 1.23 bits per heavy atom. The maximum atomic E-state index is 13.6. The summed E-state index contributed by atoms with van der Waals surface area (Å²) < 4.78 is 18.9. The van der Waals surface area contributed by atoms with Crippen molar-refractivity contribution in [3.05, 3.63) is 59.7 Å². The molecule has 7 nitrogen and oxygen atoms in total. The van der Waals surface area contributed by atoms with Crippen LogP contribution in [0, 0.1) is 5.82 Å². The first-order valence-electron chi connectivity index (χ1n) is 10.4. The molecule has 1 aromatic heterocycles. The van der Waals surface area contributed by atoms with E-state index in [2.05, 4.69) is 15.3 Å². The highest BCUT2D eigenvalue weighted by molar-refractivity contribution is 5.95. The number of hydrogen-bond acceptors (Lipinski definition) is 4. The van der Waals surface area contributed by atoms with Crippen LogP contribution in [0.5, 0.6) is 5.75 Å². The second-order valence-corrected chi connectivity index (χ2v) is 8.23. The van der Waals surface area contributed by atoms with Crippen LogP contribution in [0.1, 0.15) is 47.9 Å². The first kappa shape index (κ1) is 19.5. The summed E-state index contributed by atoms with van der Waals surface area (Å²) in [6.07, 6.45) is 2.67. The predicted octanol–water partition coefficient (Wildman–Crippen LogP) is 3.34. The van der Waals surface area contributed by atoms with Crippen molar-refractivity contribution in [2.75, 3.05) is 13.7 Å². The summed E-state index contributed by atoms with van der Waals surface area (Å²) in [7, 11) is 1.61. The number of nitrogens with one attached hydrogen (secondary N) is 2. The monoisotopic (exact) mass is 422 g/mol. The number of likely N-dealkylation sites (tertiary alicyclic amines) is 1. The average molecular weight is 422 g/mol. The Labute approximate surface area is 178 Å². The molecule has 0 radical (unpaired) electrons.